The molecule has 2 aromatic heterocycles. The molecule has 0 aliphatic rings. The van der Waals surface area contributed by atoms with Crippen LogP contribution in [-0.4, -0.2) is 4.40 Å². The number of aromatic nitrogens is 1. The second kappa shape index (κ2) is 6.20. The van der Waals surface area contributed by atoms with Gasteiger partial charge in [-0.25, -0.2) is 0 Å². The summed E-state index contributed by atoms with van der Waals surface area (Å²) in [4.78, 5) is 0. The second-order valence-electron chi connectivity index (χ2n) is 8.24. The lowest BCUT2D eigenvalue weighted by molar-refractivity contribution is 1.37. The molecule has 7 aromatic rings. The third-order valence-electron chi connectivity index (χ3n) is 6.51. The highest BCUT2D eigenvalue weighted by Gasteiger charge is 2.18. The van der Waals surface area contributed by atoms with Gasteiger partial charge in [-0.2, -0.15) is 0 Å². The van der Waals surface area contributed by atoms with Crippen LogP contribution in [0.2, 0.25) is 0 Å². The van der Waals surface area contributed by atoms with Crippen LogP contribution in [0.4, 0.5) is 0 Å². The predicted octanol–water partition coefficient (Wildman–Crippen LogP) is 8.17. The highest BCUT2D eigenvalue weighted by Crippen LogP contribution is 2.41. The predicted molar refractivity (Wildman–Crippen MR) is 132 cm³/mol. The lowest BCUT2D eigenvalue weighted by atomic mass is 9.96. The summed E-state index contributed by atoms with van der Waals surface area (Å²) < 4.78 is 2.43. The van der Waals surface area contributed by atoms with Gasteiger partial charge in [-0.15, -0.1) is 0 Å². The van der Waals surface area contributed by atoms with E-state index in [1.807, 2.05) is 0 Å². The Morgan fingerprint density at radius 2 is 0.871 bits per heavy atom. The fourth-order valence-electron chi connectivity index (χ4n) is 5.13. The first-order valence-electron chi connectivity index (χ1n) is 10.7. The molecule has 0 atom stereocenters. The molecule has 0 aliphatic heterocycles. The average molecular weight is 393 g/mol. The van der Waals surface area contributed by atoms with E-state index in [9.17, 15) is 0 Å². The maximum atomic E-state index is 2.43. The van der Waals surface area contributed by atoms with Crippen LogP contribution in [0.5, 0.6) is 0 Å². The van der Waals surface area contributed by atoms with E-state index in [1.54, 1.807) is 0 Å². The number of para-hydroxylation sites is 2. The van der Waals surface area contributed by atoms with E-state index in [2.05, 4.69) is 120 Å². The van der Waals surface area contributed by atoms with Gasteiger partial charge in [0.25, 0.3) is 0 Å². The Kier molecular flexibility index (Phi) is 3.33. The van der Waals surface area contributed by atoms with E-state index in [0.29, 0.717) is 0 Å². The van der Waals surface area contributed by atoms with Gasteiger partial charge in [0.2, 0.25) is 0 Å². The topological polar surface area (TPSA) is 4.41 Å². The number of rotatable bonds is 2. The molecule has 1 heteroatoms. The highest BCUT2D eigenvalue weighted by atomic mass is 14.9. The molecule has 0 radical (unpaired) electrons. The molecule has 5 aromatic carbocycles. The normalized spacial score (nSPS) is 11.9. The summed E-state index contributed by atoms with van der Waals surface area (Å²) in [7, 11) is 0. The summed E-state index contributed by atoms with van der Waals surface area (Å²) in [5.74, 6) is 0. The first-order chi connectivity index (χ1) is 15.4. The first kappa shape index (κ1) is 16.7. The Morgan fingerprint density at radius 3 is 1.52 bits per heavy atom. The molecule has 7 rings (SSSR count). The van der Waals surface area contributed by atoms with Crippen molar-refractivity contribution < 1.29 is 0 Å². The van der Waals surface area contributed by atoms with Crippen LogP contribution >= 0.6 is 0 Å². The number of hydrogen-bond acceptors (Lipinski definition) is 0. The molecular formula is C30H19N. The summed E-state index contributed by atoms with van der Waals surface area (Å²) >= 11 is 0. The second-order valence-corrected chi connectivity index (χ2v) is 8.24. The molecule has 144 valence electrons. The van der Waals surface area contributed by atoms with Crippen LogP contribution in [0.1, 0.15) is 0 Å². The van der Waals surface area contributed by atoms with E-state index in [1.165, 1.54) is 60.3 Å². The molecule has 31 heavy (non-hydrogen) atoms. The summed E-state index contributed by atoms with van der Waals surface area (Å²) in [5, 5.41) is 5.28. The average Bonchev–Trinajstić information content (AvgIpc) is 3.36. The fourth-order valence-corrected chi connectivity index (χ4v) is 5.13. The molecule has 0 fully saturated rings. The van der Waals surface area contributed by atoms with E-state index in [0.717, 1.165) is 0 Å². The molecule has 0 unspecified atom stereocenters. The van der Waals surface area contributed by atoms with E-state index in [-0.39, 0.29) is 0 Å². The number of benzene rings is 5. The molecule has 2 heterocycles. The summed E-state index contributed by atoms with van der Waals surface area (Å²) in [6.45, 7) is 0. The lowest BCUT2D eigenvalue weighted by Gasteiger charge is -2.07. The zero-order chi connectivity index (χ0) is 20.4. The lowest BCUT2D eigenvalue weighted by Crippen LogP contribution is -1.82. The minimum atomic E-state index is 1.25. The van der Waals surface area contributed by atoms with Crippen molar-refractivity contribution >= 4 is 38.1 Å². The molecule has 1 nitrogen and oxygen atoms in total. The summed E-state index contributed by atoms with van der Waals surface area (Å²) in [6.07, 6.45) is 0. The maximum absolute atomic E-state index is 2.43. The van der Waals surface area contributed by atoms with Gasteiger partial charge in [-0.1, -0.05) is 84.9 Å². The van der Waals surface area contributed by atoms with Crippen LogP contribution in [0.3, 0.4) is 0 Å². The van der Waals surface area contributed by atoms with Crippen molar-refractivity contribution in [1.82, 2.24) is 4.40 Å². The molecule has 0 N–H and O–H groups in total. The third-order valence-corrected chi connectivity index (χ3v) is 6.51. The van der Waals surface area contributed by atoms with E-state index < -0.39 is 0 Å². The Morgan fingerprint density at radius 1 is 0.355 bits per heavy atom. The zero-order valence-corrected chi connectivity index (χ0v) is 16.9. The van der Waals surface area contributed by atoms with Gasteiger partial charge in [-0.3, -0.25) is 0 Å². The van der Waals surface area contributed by atoms with Gasteiger partial charge >= 0.3 is 0 Å². The monoisotopic (exact) mass is 393 g/mol. The van der Waals surface area contributed by atoms with Crippen LogP contribution in [0.25, 0.3) is 60.3 Å². The smallest absolute Gasteiger partial charge is 0.0620 e. The van der Waals surface area contributed by atoms with Crippen molar-refractivity contribution in [3.63, 3.8) is 0 Å². The van der Waals surface area contributed by atoms with E-state index in [4.69, 9.17) is 0 Å². The van der Waals surface area contributed by atoms with E-state index >= 15 is 0 Å². The van der Waals surface area contributed by atoms with Crippen LogP contribution in [0, 0.1) is 0 Å². The molecule has 0 amide bonds. The zero-order valence-electron chi connectivity index (χ0n) is 16.9. The van der Waals surface area contributed by atoms with Gasteiger partial charge in [0.1, 0.15) is 0 Å². The van der Waals surface area contributed by atoms with Crippen molar-refractivity contribution in [1.29, 1.82) is 0 Å². The minimum absolute atomic E-state index is 1.25. The van der Waals surface area contributed by atoms with Crippen molar-refractivity contribution in [3.8, 4) is 22.3 Å². The van der Waals surface area contributed by atoms with Gasteiger partial charge in [0, 0.05) is 21.5 Å². The standard InChI is InChI=1S/C30H19N/c1-2-9-20(10-3-1)21-11-8-12-22(17-21)23-18-26-24-13-4-6-15-28(24)31-29-16-7-5-14-25(29)27(19-23)30(26)31/h1-19H. The maximum Gasteiger partial charge on any atom is 0.0620 e. The van der Waals surface area contributed by atoms with Gasteiger partial charge in [0.05, 0.1) is 16.6 Å². The van der Waals surface area contributed by atoms with Crippen molar-refractivity contribution in [3.05, 3.63) is 115 Å². The number of fused-ring (bicyclic) bond motifs is 6. The Labute approximate surface area is 180 Å². The quantitative estimate of drug-likeness (QED) is 0.279. The SMILES string of the molecule is c1ccc(-c2cccc(-c3cc4c5ccccc5n5c6ccccc6c(c3)c45)c2)cc1. The molecular weight excluding hydrogens is 374 g/mol. The highest BCUT2D eigenvalue weighted by molar-refractivity contribution is 6.24. The van der Waals surface area contributed by atoms with Gasteiger partial charge < -0.3 is 4.40 Å². The minimum Gasteiger partial charge on any atom is -0.308 e. The van der Waals surface area contributed by atoms with Crippen molar-refractivity contribution in [2.75, 3.05) is 0 Å². The van der Waals surface area contributed by atoms with Crippen LogP contribution in [-0.2, 0) is 0 Å². The first-order valence-corrected chi connectivity index (χ1v) is 10.7. The molecule has 0 aliphatic carbocycles. The Hall–Kier alpha value is -4.10. The molecule has 0 spiro atoms. The Bertz CT molecular complexity index is 1640. The van der Waals surface area contributed by atoms with Crippen LogP contribution < -0.4 is 0 Å². The van der Waals surface area contributed by atoms with Gasteiger partial charge in [-0.05, 0) is 52.6 Å². The van der Waals surface area contributed by atoms with Crippen molar-refractivity contribution in [2.45, 2.75) is 0 Å². The number of nitrogens with zero attached hydrogens (tertiary/aromatic N) is 1. The number of hydrogen-bond donors (Lipinski definition) is 0. The summed E-state index contributed by atoms with van der Waals surface area (Å²) in [5.41, 5.74) is 8.89. The largest absolute Gasteiger partial charge is 0.308 e. The molecule has 0 saturated heterocycles. The third kappa shape index (κ3) is 2.32. The summed E-state index contributed by atoms with van der Waals surface area (Å²) in [6, 6.07) is 41.7. The van der Waals surface area contributed by atoms with Crippen LogP contribution in [0.15, 0.2) is 115 Å². The van der Waals surface area contributed by atoms with Gasteiger partial charge in [0.15, 0.2) is 0 Å². The van der Waals surface area contributed by atoms with Crippen molar-refractivity contribution in [2.24, 2.45) is 0 Å². The Balaban J connectivity index is 1.58. The molecule has 0 saturated carbocycles. The molecule has 0 bridgehead atoms. The fraction of sp³-hybridized carbons (Fsp3) is 0.